The van der Waals surface area contributed by atoms with Gasteiger partial charge < -0.3 is 4.49 Å². The first-order chi connectivity index (χ1) is 16.9. The predicted octanol–water partition coefficient (Wildman–Crippen LogP) is 5.39. The van der Waals surface area contributed by atoms with Gasteiger partial charge >= 0.3 is 5.56 Å². The van der Waals surface area contributed by atoms with Gasteiger partial charge in [0.05, 0.1) is 0 Å². The van der Waals surface area contributed by atoms with Gasteiger partial charge in [0, 0.05) is 19.3 Å². The zero-order valence-electron chi connectivity index (χ0n) is 18.3. The Labute approximate surface area is 202 Å². The van der Waals surface area contributed by atoms with Crippen LogP contribution in [-0.2, 0) is 0 Å². The minimum Gasteiger partial charge on any atom is -0.431 e. The summed E-state index contributed by atoms with van der Waals surface area (Å²) in [5.41, 5.74) is -6.81. The summed E-state index contributed by atoms with van der Waals surface area (Å²) in [7, 11) is 0. The van der Waals surface area contributed by atoms with Crippen molar-refractivity contribution in [2.24, 2.45) is 17.8 Å². The van der Waals surface area contributed by atoms with Gasteiger partial charge in [0.2, 0.25) is 0 Å². The molecule has 0 unspecified atom stereocenters. The van der Waals surface area contributed by atoms with Gasteiger partial charge in [0.25, 0.3) is 0 Å². The van der Waals surface area contributed by atoms with Crippen molar-refractivity contribution in [1.29, 1.82) is 0 Å². The van der Waals surface area contributed by atoms with Crippen molar-refractivity contribution < 1.29 is 48.4 Å². The molecule has 1 heterocycles. The third-order valence-corrected chi connectivity index (χ3v) is 10.0. The van der Waals surface area contributed by atoms with Gasteiger partial charge in [-0.05, 0) is 47.9 Å². The molecule has 0 N–H and O–H groups in total. The van der Waals surface area contributed by atoms with E-state index in [0.717, 1.165) is 19.3 Å². The Morgan fingerprint density at radius 1 is 0.556 bits per heavy atom. The molecular weight excluding hydrogens is 523 g/mol. The molecule has 0 aromatic heterocycles. The Balaban J connectivity index is 1.69. The van der Waals surface area contributed by atoms with E-state index in [1.807, 2.05) is 0 Å². The number of halogens is 10. The molecule has 4 fully saturated rings. The van der Waals surface area contributed by atoms with Crippen molar-refractivity contribution >= 4 is 33.6 Å². The molecule has 2 aromatic rings. The lowest BCUT2D eigenvalue weighted by molar-refractivity contribution is -0.514. The quantitative estimate of drug-likeness (QED) is 0.219. The SMILES string of the molecule is Fc1c(F)c(F)c([B-]2(c3c(F)c(F)c(F)c(F)c3F)SC=[N+]2C23CC4CC(CC(C4)C2)C3)c(F)c1F. The molecule has 1 nitrogen and oxygen atoms in total. The van der Waals surface area contributed by atoms with Gasteiger partial charge in [0.1, 0.15) is 34.4 Å². The van der Waals surface area contributed by atoms with Gasteiger partial charge in [-0.25, -0.2) is 43.9 Å². The molecule has 5 aliphatic rings. The van der Waals surface area contributed by atoms with Gasteiger partial charge in [-0.2, -0.15) is 11.6 Å². The number of hydrogen-bond acceptors (Lipinski definition) is 1. The Bertz CT molecular complexity index is 1210. The van der Waals surface area contributed by atoms with E-state index in [1.54, 1.807) is 0 Å². The van der Waals surface area contributed by atoms with Crippen molar-refractivity contribution in [3.05, 3.63) is 58.2 Å². The van der Waals surface area contributed by atoms with Crippen molar-refractivity contribution in [2.45, 2.75) is 44.1 Å². The largest absolute Gasteiger partial charge is 0.431 e. The molecule has 36 heavy (non-hydrogen) atoms. The Morgan fingerprint density at radius 2 is 0.861 bits per heavy atom. The first-order valence-electron chi connectivity index (χ1n) is 11.4. The third-order valence-electron chi connectivity index (χ3n) is 8.59. The van der Waals surface area contributed by atoms with E-state index in [2.05, 4.69) is 0 Å². The van der Waals surface area contributed by atoms with Crippen LogP contribution in [0.5, 0.6) is 0 Å². The summed E-state index contributed by atoms with van der Waals surface area (Å²) in [6.07, 6.45) is 3.82. The molecule has 0 amide bonds. The molecule has 4 saturated carbocycles. The van der Waals surface area contributed by atoms with Crippen LogP contribution in [0.15, 0.2) is 0 Å². The maximum absolute atomic E-state index is 15.2. The topological polar surface area (TPSA) is 3.01 Å². The Hall–Kier alpha value is -2.18. The van der Waals surface area contributed by atoms with Crippen molar-refractivity contribution in [1.82, 2.24) is 0 Å². The lowest BCUT2D eigenvalue weighted by Crippen LogP contribution is -2.79. The Kier molecular flexibility index (Phi) is 5.15. The minimum atomic E-state index is -3.88. The maximum atomic E-state index is 15.2. The normalized spacial score (nSPS) is 29.9. The fraction of sp³-hybridized carbons (Fsp3) is 0.435. The zero-order valence-corrected chi connectivity index (χ0v) is 19.1. The highest BCUT2D eigenvalue weighted by molar-refractivity contribution is 8.41. The van der Waals surface area contributed by atoms with Crippen molar-refractivity contribution in [3.8, 4) is 0 Å². The number of benzene rings is 2. The van der Waals surface area contributed by atoms with E-state index in [-0.39, 0.29) is 17.8 Å². The molecule has 0 spiro atoms. The van der Waals surface area contributed by atoms with Crippen LogP contribution in [0.4, 0.5) is 43.9 Å². The fourth-order valence-electron chi connectivity index (χ4n) is 7.61. The summed E-state index contributed by atoms with van der Waals surface area (Å²) >= 11 is 0.311. The smallest absolute Gasteiger partial charge is 0.403 e. The van der Waals surface area contributed by atoms with Crippen LogP contribution in [0.1, 0.15) is 38.5 Å². The van der Waals surface area contributed by atoms with Crippen LogP contribution in [-0.4, -0.2) is 21.1 Å². The molecule has 0 saturated heterocycles. The molecule has 0 atom stereocenters. The summed E-state index contributed by atoms with van der Waals surface area (Å²) in [5, 5.41) is 0. The van der Waals surface area contributed by atoms with Crippen LogP contribution in [0.2, 0.25) is 0 Å². The van der Waals surface area contributed by atoms with E-state index in [0.29, 0.717) is 30.9 Å². The lowest BCUT2D eigenvalue weighted by Gasteiger charge is -2.61. The molecule has 13 heteroatoms. The molecule has 0 radical (unpaired) electrons. The highest BCUT2D eigenvalue weighted by atomic mass is 32.2. The van der Waals surface area contributed by atoms with E-state index in [1.165, 1.54) is 10.0 Å². The van der Waals surface area contributed by atoms with Crippen LogP contribution in [0.3, 0.4) is 0 Å². The monoisotopic (exact) mass is 539 g/mol. The molecule has 7 rings (SSSR count). The van der Waals surface area contributed by atoms with E-state index >= 15 is 17.6 Å². The second kappa shape index (κ2) is 7.67. The summed E-state index contributed by atoms with van der Waals surface area (Å²) in [5.74, 6) is -23.5. The highest BCUT2D eigenvalue weighted by Gasteiger charge is 2.65. The van der Waals surface area contributed by atoms with Crippen molar-refractivity contribution in [3.63, 3.8) is 0 Å². The maximum Gasteiger partial charge on any atom is 0.403 e. The lowest BCUT2D eigenvalue weighted by atomic mass is 9.42. The van der Waals surface area contributed by atoms with E-state index in [9.17, 15) is 26.3 Å². The van der Waals surface area contributed by atoms with Gasteiger partial charge in [0.15, 0.2) is 34.9 Å². The summed E-state index contributed by atoms with van der Waals surface area (Å²) in [4.78, 5) is 0. The van der Waals surface area contributed by atoms with Gasteiger partial charge in [-0.15, -0.1) is 0 Å². The molecule has 1 aliphatic heterocycles. The highest BCUT2D eigenvalue weighted by Crippen LogP contribution is 2.59. The molecular formula is C23H16BF10NS. The van der Waals surface area contributed by atoms with Crippen LogP contribution in [0, 0.1) is 75.9 Å². The molecule has 4 bridgehead atoms. The minimum absolute atomic E-state index is 0.163. The second-order valence-electron chi connectivity index (χ2n) is 10.5. The first kappa shape index (κ1) is 24.2. The summed E-state index contributed by atoms with van der Waals surface area (Å²) in [6, 6.07) is 0. The van der Waals surface area contributed by atoms with E-state index in [4.69, 9.17) is 0 Å². The number of nitrogens with zero attached hydrogens (tertiary/aromatic N) is 1. The van der Waals surface area contributed by atoms with Crippen molar-refractivity contribution in [2.75, 3.05) is 0 Å². The molecule has 4 aliphatic carbocycles. The molecule has 2 aromatic carbocycles. The third kappa shape index (κ3) is 2.86. The summed E-state index contributed by atoms with van der Waals surface area (Å²) < 4.78 is 147. The number of hydrogen-bond donors (Lipinski definition) is 0. The van der Waals surface area contributed by atoms with Gasteiger partial charge in [-0.1, -0.05) is 0 Å². The first-order valence-corrected chi connectivity index (χ1v) is 12.4. The second-order valence-corrected chi connectivity index (χ2v) is 11.7. The fourth-order valence-corrected chi connectivity index (χ4v) is 9.23. The van der Waals surface area contributed by atoms with Crippen LogP contribution in [0.25, 0.3) is 0 Å². The number of rotatable bonds is 3. The standard InChI is InChI=1S/C23H16BF10NS/c25-13-11(14(26)18(30)21(33)17(13)29)24(12-15(27)19(31)22(34)20(32)16(12)28)35(7-36-24)23-4-8-1-9(5-23)3-10(2-8)6-23/h7-10H,1-6H2. The predicted molar refractivity (Wildman–Crippen MR) is 112 cm³/mol. The van der Waals surface area contributed by atoms with Crippen LogP contribution < -0.4 is 10.9 Å². The average Bonchev–Trinajstić information content (AvgIpc) is 2.81. The van der Waals surface area contributed by atoms with Crippen LogP contribution >= 0.6 is 11.6 Å². The zero-order chi connectivity index (χ0) is 25.9. The van der Waals surface area contributed by atoms with Gasteiger partial charge in [-0.3, -0.25) is 0 Å². The van der Waals surface area contributed by atoms with E-state index < -0.39 is 80.2 Å². The molecule has 192 valence electrons. The Morgan fingerprint density at radius 3 is 1.14 bits per heavy atom. The average molecular weight is 539 g/mol. The summed E-state index contributed by atoms with van der Waals surface area (Å²) in [6.45, 7) is 0.